The van der Waals surface area contributed by atoms with Gasteiger partial charge >= 0.3 is 6.18 Å². The highest BCUT2D eigenvalue weighted by Crippen LogP contribution is 2.27. The Morgan fingerprint density at radius 3 is 2.55 bits per heavy atom. The Hall–Kier alpha value is -2.85. The molecule has 22 heavy (non-hydrogen) atoms. The van der Waals surface area contributed by atoms with Gasteiger partial charge in [0, 0.05) is 26.4 Å². The van der Waals surface area contributed by atoms with Crippen LogP contribution in [0.3, 0.4) is 0 Å². The molecule has 2 aromatic heterocycles. The molecule has 2 rings (SSSR count). The zero-order valence-electron chi connectivity index (χ0n) is 11.4. The van der Waals surface area contributed by atoms with Crippen molar-refractivity contribution in [3.63, 3.8) is 0 Å². The number of nitrogens with one attached hydrogen (secondary N) is 3. The number of nitrogens with zero attached hydrogens (tertiary/aromatic N) is 3. The number of anilines is 1. The van der Waals surface area contributed by atoms with Crippen LogP contribution in [0.4, 0.5) is 18.9 Å². The number of aromatic amines is 1. The van der Waals surface area contributed by atoms with Crippen LogP contribution in [0.2, 0.25) is 0 Å². The fraction of sp³-hybridized carbons (Fsp3) is 0.273. The van der Waals surface area contributed by atoms with Gasteiger partial charge in [-0.3, -0.25) is 19.4 Å². The first-order valence-corrected chi connectivity index (χ1v) is 5.92. The van der Waals surface area contributed by atoms with Crippen molar-refractivity contribution in [2.24, 2.45) is 7.05 Å². The molecule has 118 valence electrons. The minimum absolute atomic E-state index is 0.0587. The number of carbonyl (C=O) groups is 2. The van der Waals surface area contributed by atoms with Gasteiger partial charge in [-0.05, 0) is 0 Å². The van der Waals surface area contributed by atoms with Gasteiger partial charge in [-0.2, -0.15) is 23.4 Å². The summed E-state index contributed by atoms with van der Waals surface area (Å²) in [6, 6.07) is 0.575. The van der Waals surface area contributed by atoms with Crippen molar-refractivity contribution in [2.75, 3.05) is 12.4 Å². The molecule has 0 atom stereocenters. The van der Waals surface area contributed by atoms with Gasteiger partial charge in [-0.25, -0.2) is 0 Å². The predicted molar refractivity (Wildman–Crippen MR) is 68.1 cm³/mol. The van der Waals surface area contributed by atoms with Crippen molar-refractivity contribution in [3.05, 3.63) is 29.3 Å². The predicted octanol–water partition coefficient (Wildman–Crippen LogP) is 0.774. The average molecular weight is 316 g/mol. The summed E-state index contributed by atoms with van der Waals surface area (Å²) in [7, 11) is 2.91. The normalized spacial score (nSPS) is 11.3. The van der Waals surface area contributed by atoms with E-state index in [0.29, 0.717) is 6.07 Å². The van der Waals surface area contributed by atoms with E-state index in [1.54, 1.807) is 5.10 Å². The Balaban J connectivity index is 2.23. The van der Waals surface area contributed by atoms with Crippen molar-refractivity contribution in [2.45, 2.75) is 6.18 Å². The SMILES string of the molecule is CNC(=O)c1nn(C)cc1NC(=O)c1cc(C(F)(F)F)[nH]n1. The molecule has 0 aliphatic heterocycles. The number of rotatable bonds is 3. The summed E-state index contributed by atoms with van der Waals surface area (Å²) in [4.78, 5) is 23.5. The molecule has 0 fully saturated rings. The first-order chi connectivity index (χ1) is 10.2. The molecule has 0 aliphatic carbocycles. The third kappa shape index (κ3) is 3.07. The number of alkyl halides is 3. The molecule has 0 spiro atoms. The Labute approximate surface area is 121 Å². The first-order valence-electron chi connectivity index (χ1n) is 5.92. The summed E-state index contributed by atoms with van der Waals surface area (Å²) >= 11 is 0. The molecule has 2 heterocycles. The van der Waals surface area contributed by atoms with Crippen LogP contribution in [-0.2, 0) is 13.2 Å². The van der Waals surface area contributed by atoms with E-state index in [1.807, 2.05) is 0 Å². The van der Waals surface area contributed by atoms with E-state index in [4.69, 9.17) is 0 Å². The van der Waals surface area contributed by atoms with Crippen LogP contribution in [-0.4, -0.2) is 38.8 Å². The maximum absolute atomic E-state index is 12.4. The molecule has 0 aliphatic rings. The molecule has 3 N–H and O–H groups in total. The molecule has 0 saturated carbocycles. The van der Waals surface area contributed by atoms with Crippen molar-refractivity contribution in [3.8, 4) is 0 Å². The van der Waals surface area contributed by atoms with Crippen molar-refractivity contribution in [1.82, 2.24) is 25.3 Å². The van der Waals surface area contributed by atoms with E-state index < -0.39 is 29.4 Å². The number of carbonyl (C=O) groups excluding carboxylic acids is 2. The minimum atomic E-state index is -4.63. The van der Waals surface area contributed by atoms with Gasteiger partial charge in [-0.1, -0.05) is 0 Å². The summed E-state index contributed by atoms with van der Waals surface area (Å²) in [6.07, 6.45) is -3.28. The van der Waals surface area contributed by atoms with Gasteiger partial charge in [0.25, 0.3) is 11.8 Å². The molecule has 11 heteroatoms. The fourth-order valence-corrected chi connectivity index (χ4v) is 1.64. The van der Waals surface area contributed by atoms with E-state index in [0.717, 1.165) is 0 Å². The zero-order valence-corrected chi connectivity index (χ0v) is 11.4. The summed E-state index contributed by atoms with van der Waals surface area (Å²) in [6.45, 7) is 0. The van der Waals surface area contributed by atoms with Crippen LogP contribution in [0.5, 0.6) is 0 Å². The molecule has 2 amide bonds. The molecule has 0 saturated heterocycles. The molecule has 0 bridgehead atoms. The Bertz CT molecular complexity index is 718. The van der Waals surface area contributed by atoms with E-state index in [9.17, 15) is 22.8 Å². The highest BCUT2D eigenvalue weighted by molar-refractivity contribution is 6.07. The van der Waals surface area contributed by atoms with E-state index in [1.165, 1.54) is 25.0 Å². The lowest BCUT2D eigenvalue weighted by molar-refractivity contribution is -0.141. The fourth-order valence-electron chi connectivity index (χ4n) is 1.64. The maximum Gasteiger partial charge on any atom is 0.432 e. The average Bonchev–Trinajstić information content (AvgIpc) is 3.04. The van der Waals surface area contributed by atoms with Crippen LogP contribution >= 0.6 is 0 Å². The van der Waals surface area contributed by atoms with Crippen molar-refractivity contribution in [1.29, 1.82) is 0 Å². The number of aromatic nitrogens is 4. The molecule has 2 aromatic rings. The highest BCUT2D eigenvalue weighted by atomic mass is 19.4. The summed E-state index contributed by atoms with van der Waals surface area (Å²) in [5, 5.41) is 13.5. The quantitative estimate of drug-likeness (QED) is 0.778. The van der Waals surface area contributed by atoms with E-state index in [2.05, 4.69) is 20.8 Å². The van der Waals surface area contributed by atoms with Gasteiger partial charge in [0.2, 0.25) is 0 Å². The Morgan fingerprint density at radius 1 is 1.32 bits per heavy atom. The Morgan fingerprint density at radius 2 is 2.00 bits per heavy atom. The third-order valence-electron chi connectivity index (χ3n) is 2.64. The van der Waals surface area contributed by atoms with Crippen LogP contribution in [0.1, 0.15) is 26.7 Å². The van der Waals surface area contributed by atoms with Gasteiger partial charge in [0.15, 0.2) is 11.4 Å². The highest BCUT2D eigenvalue weighted by Gasteiger charge is 2.34. The lowest BCUT2D eigenvalue weighted by Crippen LogP contribution is -2.21. The summed E-state index contributed by atoms with van der Waals surface area (Å²) in [5.74, 6) is -1.45. The number of halogens is 3. The largest absolute Gasteiger partial charge is 0.432 e. The van der Waals surface area contributed by atoms with E-state index in [-0.39, 0.29) is 11.4 Å². The zero-order chi connectivity index (χ0) is 16.5. The lowest BCUT2D eigenvalue weighted by Gasteiger charge is -2.02. The minimum Gasteiger partial charge on any atom is -0.354 e. The van der Waals surface area contributed by atoms with Gasteiger partial charge in [0.05, 0.1) is 5.69 Å². The molecule has 0 aromatic carbocycles. The third-order valence-corrected chi connectivity index (χ3v) is 2.64. The van der Waals surface area contributed by atoms with Gasteiger partial charge in [0.1, 0.15) is 5.69 Å². The smallest absolute Gasteiger partial charge is 0.354 e. The number of aryl methyl sites for hydroxylation is 1. The van der Waals surface area contributed by atoms with Crippen molar-refractivity contribution < 1.29 is 22.8 Å². The van der Waals surface area contributed by atoms with Crippen LogP contribution in [0, 0.1) is 0 Å². The lowest BCUT2D eigenvalue weighted by atomic mass is 10.3. The monoisotopic (exact) mass is 316 g/mol. The number of amides is 2. The molecule has 0 unspecified atom stereocenters. The van der Waals surface area contributed by atoms with Crippen LogP contribution in [0.15, 0.2) is 12.3 Å². The van der Waals surface area contributed by atoms with E-state index >= 15 is 0 Å². The second-order valence-corrected chi connectivity index (χ2v) is 4.26. The molecular weight excluding hydrogens is 305 g/mol. The van der Waals surface area contributed by atoms with Gasteiger partial charge in [-0.15, -0.1) is 0 Å². The Kier molecular flexibility index (Phi) is 3.89. The van der Waals surface area contributed by atoms with Gasteiger partial charge < -0.3 is 10.6 Å². The van der Waals surface area contributed by atoms with Crippen LogP contribution < -0.4 is 10.6 Å². The second kappa shape index (κ2) is 5.50. The van der Waals surface area contributed by atoms with Crippen molar-refractivity contribution >= 4 is 17.5 Å². The second-order valence-electron chi connectivity index (χ2n) is 4.26. The maximum atomic E-state index is 12.4. The molecular formula is C11H11F3N6O2. The standard InChI is InChI=1S/C11H11F3N6O2/c1-15-10(22)8-6(4-20(2)19-8)16-9(21)5-3-7(18-17-5)11(12,13)14/h3-4H,1-2H3,(H,15,22)(H,16,21)(H,17,18). The number of hydrogen-bond acceptors (Lipinski definition) is 4. The molecule has 8 nitrogen and oxygen atoms in total. The topological polar surface area (TPSA) is 105 Å². The summed E-state index contributed by atoms with van der Waals surface area (Å²) in [5.41, 5.74) is -1.61. The van der Waals surface area contributed by atoms with Crippen LogP contribution in [0.25, 0.3) is 0 Å². The number of H-pyrrole nitrogens is 1. The number of hydrogen-bond donors (Lipinski definition) is 3. The summed E-state index contributed by atoms with van der Waals surface area (Å²) < 4.78 is 38.6. The first kappa shape index (κ1) is 15.5. The molecule has 0 radical (unpaired) electrons.